The summed E-state index contributed by atoms with van der Waals surface area (Å²) in [5.74, 6) is 6.37. The van der Waals surface area contributed by atoms with Gasteiger partial charge in [0.15, 0.2) is 0 Å². The van der Waals surface area contributed by atoms with Crippen molar-refractivity contribution in [2.45, 2.75) is 19.8 Å². The molecule has 1 aromatic rings. The van der Waals surface area contributed by atoms with E-state index >= 15 is 0 Å². The number of hydrogen-bond acceptors (Lipinski definition) is 4. The van der Waals surface area contributed by atoms with Crippen molar-refractivity contribution in [3.8, 4) is 11.5 Å². The molecule has 5 heteroatoms. The molecule has 0 radical (unpaired) electrons. The van der Waals surface area contributed by atoms with Crippen LogP contribution in [0.25, 0.3) is 0 Å². The largest absolute Gasteiger partial charge is 0.496 e. The summed E-state index contributed by atoms with van der Waals surface area (Å²) in [5, 5.41) is 0. The van der Waals surface area contributed by atoms with E-state index in [-0.39, 0.29) is 5.91 Å². The van der Waals surface area contributed by atoms with Gasteiger partial charge in [0, 0.05) is 6.42 Å². The quantitative estimate of drug-likeness (QED) is 0.455. The van der Waals surface area contributed by atoms with Gasteiger partial charge in [0.1, 0.15) is 11.5 Å². The predicted molar refractivity (Wildman–Crippen MR) is 64.9 cm³/mol. The van der Waals surface area contributed by atoms with Gasteiger partial charge >= 0.3 is 0 Å². The van der Waals surface area contributed by atoms with Gasteiger partial charge in [-0.15, -0.1) is 0 Å². The van der Waals surface area contributed by atoms with Gasteiger partial charge in [0.2, 0.25) is 5.91 Å². The van der Waals surface area contributed by atoms with Crippen LogP contribution in [0.1, 0.15) is 17.5 Å². The van der Waals surface area contributed by atoms with Crippen molar-refractivity contribution in [3.63, 3.8) is 0 Å². The highest BCUT2D eigenvalue weighted by Gasteiger charge is 2.10. The number of nitrogens with two attached hydrogens (primary N) is 1. The molecule has 0 bridgehead atoms. The SMILES string of the molecule is COc1cc(CCC(=O)NN)c(OC)cc1C. The van der Waals surface area contributed by atoms with Crippen LogP contribution in [0.5, 0.6) is 11.5 Å². The molecule has 0 aromatic heterocycles. The summed E-state index contributed by atoms with van der Waals surface area (Å²) in [6.45, 7) is 1.94. The van der Waals surface area contributed by atoms with E-state index in [2.05, 4.69) is 5.43 Å². The normalized spacial score (nSPS) is 9.88. The molecular weight excluding hydrogens is 220 g/mol. The van der Waals surface area contributed by atoms with Crippen molar-refractivity contribution in [1.29, 1.82) is 0 Å². The maximum Gasteiger partial charge on any atom is 0.234 e. The molecule has 0 fully saturated rings. The minimum absolute atomic E-state index is 0.202. The number of hydrogen-bond donors (Lipinski definition) is 2. The van der Waals surface area contributed by atoms with Crippen molar-refractivity contribution < 1.29 is 14.3 Å². The monoisotopic (exact) mass is 238 g/mol. The second kappa shape index (κ2) is 6.10. The molecule has 17 heavy (non-hydrogen) atoms. The Morgan fingerprint density at radius 3 is 2.47 bits per heavy atom. The van der Waals surface area contributed by atoms with Gasteiger partial charge in [-0.05, 0) is 36.6 Å². The highest BCUT2D eigenvalue weighted by atomic mass is 16.5. The van der Waals surface area contributed by atoms with Crippen molar-refractivity contribution in [2.75, 3.05) is 14.2 Å². The molecule has 0 aliphatic heterocycles. The first-order chi connectivity index (χ1) is 8.12. The van der Waals surface area contributed by atoms with Crippen LogP contribution in [-0.2, 0) is 11.2 Å². The first kappa shape index (κ1) is 13.3. The lowest BCUT2D eigenvalue weighted by atomic mass is 10.0. The fourth-order valence-corrected chi connectivity index (χ4v) is 1.63. The van der Waals surface area contributed by atoms with E-state index in [1.54, 1.807) is 14.2 Å². The Bertz CT molecular complexity index is 405. The van der Waals surface area contributed by atoms with Crippen LogP contribution in [0.15, 0.2) is 12.1 Å². The van der Waals surface area contributed by atoms with E-state index in [0.29, 0.717) is 12.8 Å². The summed E-state index contributed by atoms with van der Waals surface area (Å²) in [7, 11) is 3.22. The molecular formula is C12H18N2O3. The number of amides is 1. The number of methoxy groups -OCH3 is 2. The van der Waals surface area contributed by atoms with Gasteiger partial charge in [0.25, 0.3) is 0 Å². The highest BCUT2D eigenvalue weighted by Crippen LogP contribution is 2.28. The lowest BCUT2D eigenvalue weighted by Crippen LogP contribution is -2.30. The minimum Gasteiger partial charge on any atom is -0.496 e. The zero-order valence-electron chi connectivity index (χ0n) is 10.4. The fraction of sp³-hybridized carbons (Fsp3) is 0.417. The van der Waals surface area contributed by atoms with Crippen LogP contribution < -0.4 is 20.7 Å². The van der Waals surface area contributed by atoms with Crippen LogP contribution >= 0.6 is 0 Å². The first-order valence-electron chi connectivity index (χ1n) is 5.33. The summed E-state index contributed by atoms with van der Waals surface area (Å²) < 4.78 is 10.5. The Morgan fingerprint density at radius 2 is 1.94 bits per heavy atom. The maximum atomic E-state index is 11.1. The molecule has 0 aliphatic carbocycles. The number of aryl methyl sites for hydroxylation is 2. The zero-order valence-corrected chi connectivity index (χ0v) is 10.4. The molecule has 0 atom stereocenters. The molecule has 3 N–H and O–H groups in total. The molecule has 0 heterocycles. The number of rotatable bonds is 5. The van der Waals surface area contributed by atoms with E-state index in [0.717, 1.165) is 22.6 Å². The molecule has 0 unspecified atom stereocenters. The third kappa shape index (κ3) is 3.35. The molecule has 0 spiro atoms. The maximum absolute atomic E-state index is 11.1. The number of hydrazine groups is 1. The van der Waals surface area contributed by atoms with Gasteiger partial charge in [-0.1, -0.05) is 0 Å². The van der Waals surface area contributed by atoms with E-state index in [4.69, 9.17) is 15.3 Å². The van der Waals surface area contributed by atoms with E-state index in [1.807, 2.05) is 19.1 Å². The average Bonchev–Trinajstić information content (AvgIpc) is 2.36. The first-order valence-corrected chi connectivity index (χ1v) is 5.33. The van der Waals surface area contributed by atoms with E-state index < -0.39 is 0 Å². The minimum atomic E-state index is -0.202. The molecule has 1 rings (SSSR count). The Labute approximate surface area is 101 Å². The Hall–Kier alpha value is -1.75. The molecule has 5 nitrogen and oxygen atoms in total. The summed E-state index contributed by atoms with van der Waals surface area (Å²) in [6, 6.07) is 3.78. The predicted octanol–water partition coefficient (Wildman–Crippen LogP) is 0.935. The van der Waals surface area contributed by atoms with Crippen molar-refractivity contribution in [3.05, 3.63) is 23.3 Å². The Kier molecular flexibility index (Phi) is 4.78. The Balaban J connectivity index is 2.92. The number of ether oxygens (including phenoxy) is 2. The molecule has 94 valence electrons. The molecule has 1 aromatic carbocycles. The van der Waals surface area contributed by atoms with Gasteiger partial charge in [0.05, 0.1) is 14.2 Å². The topological polar surface area (TPSA) is 73.6 Å². The number of carbonyl (C=O) groups excluding carboxylic acids is 1. The molecule has 0 saturated carbocycles. The number of carbonyl (C=O) groups is 1. The second-order valence-electron chi connectivity index (χ2n) is 3.70. The standard InChI is InChI=1S/C12H18N2O3/c1-8-6-11(17-3)9(7-10(8)16-2)4-5-12(15)14-13/h6-7H,4-5,13H2,1-3H3,(H,14,15). The summed E-state index contributed by atoms with van der Waals surface area (Å²) in [6.07, 6.45) is 0.877. The van der Waals surface area contributed by atoms with Crippen LogP contribution in [0, 0.1) is 6.92 Å². The molecule has 0 aliphatic rings. The van der Waals surface area contributed by atoms with Crippen molar-refractivity contribution >= 4 is 5.91 Å². The second-order valence-corrected chi connectivity index (χ2v) is 3.70. The Morgan fingerprint density at radius 1 is 1.29 bits per heavy atom. The van der Waals surface area contributed by atoms with E-state index in [1.165, 1.54) is 0 Å². The number of benzene rings is 1. The lowest BCUT2D eigenvalue weighted by molar-refractivity contribution is -0.121. The molecule has 1 amide bonds. The van der Waals surface area contributed by atoms with Gasteiger partial charge in [-0.25, -0.2) is 5.84 Å². The summed E-state index contributed by atoms with van der Waals surface area (Å²) in [5.41, 5.74) is 4.03. The fourth-order valence-electron chi connectivity index (χ4n) is 1.63. The highest BCUT2D eigenvalue weighted by molar-refractivity contribution is 5.75. The summed E-state index contributed by atoms with van der Waals surface area (Å²) >= 11 is 0. The average molecular weight is 238 g/mol. The van der Waals surface area contributed by atoms with Crippen LogP contribution in [0.3, 0.4) is 0 Å². The zero-order chi connectivity index (χ0) is 12.8. The third-order valence-corrected chi connectivity index (χ3v) is 2.58. The summed E-state index contributed by atoms with van der Waals surface area (Å²) in [4.78, 5) is 11.1. The van der Waals surface area contributed by atoms with Crippen LogP contribution in [-0.4, -0.2) is 20.1 Å². The van der Waals surface area contributed by atoms with Crippen molar-refractivity contribution in [1.82, 2.24) is 5.43 Å². The van der Waals surface area contributed by atoms with Crippen molar-refractivity contribution in [2.24, 2.45) is 5.84 Å². The molecule has 0 saturated heterocycles. The van der Waals surface area contributed by atoms with Crippen LogP contribution in [0.2, 0.25) is 0 Å². The smallest absolute Gasteiger partial charge is 0.234 e. The van der Waals surface area contributed by atoms with Gasteiger partial charge in [-0.3, -0.25) is 10.2 Å². The van der Waals surface area contributed by atoms with E-state index in [9.17, 15) is 4.79 Å². The van der Waals surface area contributed by atoms with Gasteiger partial charge < -0.3 is 9.47 Å². The lowest BCUT2D eigenvalue weighted by Gasteiger charge is -2.12. The van der Waals surface area contributed by atoms with Gasteiger partial charge in [-0.2, -0.15) is 0 Å². The van der Waals surface area contributed by atoms with Crippen LogP contribution in [0.4, 0.5) is 0 Å². The third-order valence-electron chi connectivity index (χ3n) is 2.58. The number of nitrogens with one attached hydrogen (secondary N) is 1.